The molecule has 0 radical (unpaired) electrons. The molecule has 0 aliphatic rings. The van der Waals surface area contributed by atoms with Gasteiger partial charge in [-0.2, -0.15) is 0 Å². The van der Waals surface area contributed by atoms with Crippen molar-refractivity contribution in [3.8, 4) is 0 Å². The summed E-state index contributed by atoms with van der Waals surface area (Å²) in [6, 6.07) is 7.95. The fourth-order valence-corrected chi connectivity index (χ4v) is 1.68. The maximum Gasteiger partial charge on any atom is 0.128 e. The Kier molecular flexibility index (Phi) is 2.79. The Morgan fingerprint density at radius 3 is 2.56 bits per heavy atom. The molecule has 84 valence electrons. The zero-order valence-electron chi connectivity index (χ0n) is 9.33. The average Bonchev–Trinajstić information content (AvgIpc) is 2.67. The van der Waals surface area contributed by atoms with Crippen LogP contribution in [-0.4, -0.2) is 0 Å². The van der Waals surface area contributed by atoms with Crippen LogP contribution in [0.1, 0.15) is 28.7 Å². The topological polar surface area (TPSA) is 39.2 Å². The third-order valence-corrected chi connectivity index (χ3v) is 2.55. The standard InChI is InChI=1S/C13H14FNO/c1-8-3-5-11(14)10(7-8)13(15)12-6-4-9(2)16-12/h3-7,13H,15H2,1-2H3. The minimum absolute atomic E-state index is 0.299. The molecule has 2 N–H and O–H groups in total. The first-order chi connectivity index (χ1) is 7.58. The highest BCUT2D eigenvalue weighted by Gasteiger charge is 2.16. The van der Waals surface area contributed by atoms with Crippen LogP contribution >= 0.6 is 0 Å². The molecule has 0 saturated heterocycles. The Balaban J connectivity index is 2.40. The van der Waals surface area contributed by atoms with Gasteiger partial charge in [-0.1, -0.05) is 17.7 Å². The van der Waals surface area contributed by atoms with Gasteiger partial charge in [0.25, 0.3) is 0 Å². The molecule has 2 nitrogen and oxygen atoms in total. The van der Waals surface area contributed by atoms with Crippen LogP contribution in [0.4, 0.5) is 4.39 Å². The molecule has 2 rings (SSSR count). The molecule has 2 aromatic rings. The van der Waals surface area contributed by atoms with Crippen molar-refractivity contribution in [2.75, 3.05) is 0 Å². The summed E-state index contributed by atoms with van der Waals surface area (Å²) in [4.78, 5) is 0. The first kappa shape index (κ1) is 10.9. The van der Waals surface area contributed by atoms with Crippen molar-refractivity contribution in [2.24, 2.45) is 5.73 Å². The van der Waals surface area contributed by atoms with Gasteiger partial charge in [0.2, 0.25) is 0 Å². The Bertz CT molecular complexity index is 504. The van der Waals surface area contributed by atoms with Gasteiger partial charge in [0.05, 0.1) is 6.04 Å². The summed E-state index contributed by atoms with van der Waals surface area (Å²) in [5.41, 5.74) is 7.41. The minimum atomic E-state index is -0.548. The number of nitrogens with two attached hydrogens (primary N) is 1. The third kappa shape index (κ3) is 1.99. The molecular weight excluding hydrogens is 205 g/mol. The molecule has 1 atom stereocenters. The third-order valence-electron chi connectivity index (χ3n) is 2.55. The number of hydrogen-bond donors (Lipinski definition) is 1. The summed E-state index contributed by atoms with van der Waals surface area (Å²) in [6.45, 7) is 3.74. The highest BCUT2D eigenvalue weighted by Crippen LogP contribution is 2.24. The molecule has 1 unspecified atom stereocenters. The summed E-state index contributed by atoms with van der Waals surface area (Å²) >= 11 is 0. The van der Waals surface area contributed by atoms with E-state index in [0.29, 0.717) is 11.3 Å². The molecule has 0 bridgehead atoms. The smallest absolute Gasteiger partial charge is 0.128 e. The van der Waals surface area contributed by atoms with Crippen molar-refractivity contribution < 1.29 is 8.81 Å². The average molecular weight is 219 g/mol. The van der Waals surface area contributed by atoms with Gasteiger partial charge in [0.15, 0.2) is 0 Å². The Labute approximate surface area is 93.9 Å². The van der Waals surface area contributed by atoms with Crippen LogP contribution in [0.15, 0.2) is 34.7 Å². The van der Waals surface area contributed by atoms with Crippen LogP contribution in [0.2, 0.25) is 0 Å². The van der Waals surface area contributed by atoms with Gasteiger partial charge in [0.1, 0.15) is 17.3 Å². The molecule has 0 spiro atoms. The van der Waals surface area contributed by atoms with Crippen molar-refractivity contribution in [3.63, 3.8) is 0 Å². The molecule has 1 heterocycles. The lowest BCUT2D eigenvalue weighted by Gasteiger charge is -2.11. The van der Waals surface area contributed by atoms with E-state index in [2.05, 4.69) is 0 Å². The van der Waals surface area contributed by atoms with Crippen molar-refractivity contribution in [1.82, 2.24) is 0 Å². The number of benzene rings is 1. The lowest BCUT2D eigenvalue weighted by Crippen LogP contribution is -2.13. The highest BCUT2D eigenvalue weighted by molar-refractivity contribution is 5.31. The molecule has 0 fully saturated rings. The van der Waals surface area contributed by atoms with Crippen molar-refractivity contribution in [3.05, 3.63) is 58.8 Å². The molecule has 0 saturated carbocycles. The van der Waals surface area contributed by atoms with Gasteiger partial charge in [-0.05, 0) is 32.0 Å². The zero-order chi connectivity index (χ0) is 11.7. The van der Waals surface area contributed by atoms with Crippen LogP contribution in [0.3, 0.4) is 0 Å². The van der Waals surface area contributed by atoms with Crippen LogP contribution < -0.4 is 5.73 Å². The number of halogens is 1. The highest BCUT2D eigenvalue weighted by atomic mass is 19.1. The lowest BCUT2D eigenvalue weighted by atomic mass is 10.0. The number of rotatable bonds is 2. The SMILES string of the molecule is Cc1ccc(F)c(C(N)c2ccc(C)o2)c1. The van der Waals surface area contributed by atoms with Gasteiger partial charge >= 0.3 is 0 Å². The second kappa shape index (κ2) is 4.10. The predicted molar refractivity (Wildman–Crippen MR) is 60.6 cm³/mol. The van der Waals surface area contributed by atoms with Crippen LogP contribution in [-0.2, 0) is 0 Å². The van der Waals surface area contributed by atoms with Crippen molar-refractivity contribution >= 4 is 0 Å². The van der Waals surface area contributed by atoms with E-state index >= 15 is 0 Å². The summed E-state index contributed by atoms with van der Waals surface area (Å²) in [7, 11) is 0. The molecular formula is C13H14FNO. The number of furan rings is 1. The molecule has 0 amide bonds. The molecule has 0 aliphatic carbocycles. The lowest BCUT2D eigenvalue weighted by molar-refractivity contribution is 0.459. The van der Waals surface area contributed by atoms with Gasteiger partial charge in [0, 0.05) is 5.56 Å². The normalized spacial score (nSPS) is 12.8. The molecule has 16 heavy (non-hydrogen) atoms. The Hall–Kier alpha value is -1.61. The molecule has 0 aliphatic heterocycles. The van der Waals surface area contributed by atoms with E-state index in [4.69, 9.17) is 10.2 Å². The number of hydrogen-bond acceptors (Lipinski definition) is 2. The fraction of sp³-hybridized carbons (Fsp3) is 0.231. The first-order valence-electron chi connectivity index (χ1n) is 5.16. The van der Waals surface area contributed by atoms with E-state index in [1.54, 1.807) is 18.2 Å². The van der Waals surface area contributed by atoms with Crippen LogP contribution in [0, 0.1) is 19.7 Å². The summed E-state index contributed by atoms with van der Waals surface area (Å²) in [5.74, 6) is 1.06. The summed E-state index contributed by atoms with van der Waals surface area (Å²) < 4.78 is 19.0. The molecule has 1 aromatic carbocycles. The largest absolute Gasteiger partial charge is 0.464 e. The second-order valence-electron chi connectivity index (χ2n) is 3.95. The van der Waals surface area contributed by atoms with E-state index < -0.39 is 6.04 Å². The predicted octanol–water partition coefficient (Wildman–Crippen LogP) is 3.08. The maximum atomic E-state index is 13.6. The molecule has 3 heteroatoms. The first-order valence-corrected chi connectivity index (χ1v) is 5.16. The quantitative estimate of drug-likeness (QED) is 0.843. The van der Waals surface area contributed by atoms with E-state index in [-0.39, 0.29) is 5.82 Å². The van der Waals surface area contributed by atoms with E-state index in [1.165, 1.54) is 6.07 Å². The van der Waals surface area contributed by atoms with E-state index in [9.17, 15) is 4.39 Å². The number of aryl methyl sites for hydroxylation is 2. The van der Waals surface area contributed by atoms with Gasteiger partial charge < -0.3 is 10.2 Å². The second-order valence-corrected chi connectivity index (χ2v) is 3.95. The van der Waals surface area contributed by atoms with Gasteiger partial charge in [-0.25, -0.2) is 4.39 Å². The Morgan fingerprint density at radius 2 is 1.94 bits per heavy atom. The summed E-state index contributed by atoms with van der Waals surface area (Å²) in [5, 5.41) is 0. The van der Waals surface area contributed by atoms with Crippen LogP contribution in [0.25, 0.3) is 0 Å². The maximum absolute atomic E-state index is 13.6. The van der Waals surface area contributed by atoms with Gasteiger partial charge in [-0.15, -0.1) is 0 Å². The zero-order valence-corrected chi connectivity index (χ0v) is 9.33. The van der Waals surface area contributed by atoms with Crippen LogP contribution in [0.5, 0.6) is 0 Å². The summed E-state index contributed by atoms with van der Waals surface area (Å²) in [6.07, 6.45) is 0. The van der Waals surface area contributed by atoms with E-state index in [0.717, 1.165) is 11.3 Å². The molecule has 1 aromatic heterocycles. The minimum Gasteiger partial charge on any atom is -0.464 e. The van der Waals surface area contributed by atoms with E-state index in [1.807, 2.05) is 19.9 Å². The van der Waals surface area contributed by atoms with Crippen molar-refractivity contribution in [2.45, 2.75) is 19.9 Å². The van der Waals surface area contributed by atoms with Crippen molar-refractivity contribution in [1.29, 1.82) is 0 Å². The monoisotopic (exact) mass is 219 g/mol. The Morgan fingerprint density at radius 1 is 1.19 bits per heavy atom. The van der Waals surface area contributed by atoms with Gasteiger partial charge in [-0.3, -0.25) is 0 Å². The fourth-order valence-electron chi connectivity index (χ4n) is 1.68.